The van der Waals surface area contributed by atoms with Gasteiger partial charge >= 0.3 is 0 Å². The Kier molecular flexibility index (Phi) is 4.20. The smallest absolute Gasteiger partial charge is 0.219 e. The summed E-state index contributed by atoms with van der Waals surface area (Å²) in [5.41, 5.74) is 1.33. The quantitative estimate of drug-likeness (QED) is 0.863. The molecule has 0 spiro atoms. The zero-order chi connectivity index (χ0) is 16.6. The normalized spacial score (nSPS) is 16.9. The highest BCUT2D eigenvalue weighted by molar-refractivity contribution is 7.91. The van der Waals surface area contributed by atoms with E-state index in [-0.39, 0.29) is 6.54 Å². The van der Waals surface area contributed by atoms with Crippen molar-refractivity contribution in [2.75, 3.05) is 11.9 Å². The predicted molar refractivity (Wildman–Crippen MR) is 86.0 cm³/mol. The molecule has 1 fully saturated rings. The van der Waals surface area contributed by atoms with Gasteiger partial charge in [-0.1, -0.05) is 0 Å². The van der Waals surface area contributed by atoms with Crippen molar-refractivity contribution < 1.29 is 8.42 Å². The molecule has 0 atom stereocenters. The number of nitrogens with zero attached hydrogens (tertiary/aromatic N) is 2. The summed E-state index contributed by atoms with van der Waals surface area (Å²) in [6.07, 6.45) is 2.74. The number of sulfonamides is 1. The number of pyridine rings is 1. The van der Waals surface area contributed by atoms with Crippen LogP contribution in [0, 0.1) is 18.3 Å². The van der Waals surface area contributed by atoms with Gasteiger partial charge in [0.25, 0.3) is 0 Å². The molecule has 0 aromatic carbocycles. The number of aryl methyl sites for hydroxylation is 1. The highest BCUT2D eigenvalue weighted by atomic mass is 32.2. The van der Waals surface area contributed by atoms with Gasteiger partial charge in [-0.25, -0.2) is 13.1 Å². The molecule has 0 bridgehead atoms. The van der Waals surface area contributed by atoms with Gasteiger partial charge in [-0.15, -0.1) is 0 Å². The van der Waals surface area contributed by atoms with Gasteiger partial charge in [-0.2, -0.15) is 5.26 Å². The fourth-order valence-electron chi connectivity index (χ4n) is 2.24. The van der Waals surface area contributed by atoms with Crippen LogP contribution in [0.1, 0.15) is 44.9 Å². The monoisotopic (exact) mass is 322 g/mol. The molecule has 1 aromatic rings. The zero-order valence-corrected chi connectivity index (χ0v) is 14.2. The Bertz CT molecular complexity index is 710. The summed E-state index contributed by atoms with van der Waals surface area (Å²) in [4.78, 5) is 4.07. The molecule has 120 valence electrons. The fraction of sp³-hybridized carbons (Fsp3) is 0.600. The minimum atomic E-state index is -3.42. The first-order valence-electron chi connectivity index (χ1n) is 7.23. The molecule has 2 N–H and O–H groups in total. The molecule has 0 aliphatic heterocycles. The molecule has 7 heteroatoms. The van der Waals surface area contributed by atoms with Crippen LogP contribution in [0.2, 0.25) is 0 Å². The van der Waals surface area contributed by atoms with Crippen LogP contribution in [0.15, 0.2) is 12.3 Å². The van der Waals surface area contributed by atoms with Gasteiger partial charge in [0.05, 0.1) is 11.3 Å². The second-order valence-corrected chi connectivity index (χ2v) is 8.95. The third kappa shape index (κ3) is 3.57. The van der Waals surface area contributed by atoms with Gasteiger partial charge in [0, 0.05) is 24.0 Å². The summed E-state index contributed by atoms with van der Waals surface area (Å²) in [5, 5.41) is 12.2. The van der Waals surface area contributed by atoms with Gasteiger partial charge in [-0.3, -0.25) is 4.98 Å². The van der Waals surface area contributed by atoms with Crippen molar-refractivity contribution in [1.29, 1.82) is 5.26 Å². The molecule has 0 saturated heterocycles. The summed E-state index contributed by atoms with van der Waals surface area (Å²) in [7, 11) is -3.42. The Morgan fingerprint density at radius 3 is 2.55 bits per heavy atom. The third-order valence-electron chi connectivity index (χ3n) is 3.58. The zero-order valence-electron chi connectivity index (χ0n) is 13.4. The molecule has 0 amide bonds. The molecule has 1 heterocycles. The minimum absolute atomic E-state index is 0.288. The molecule has 1 aromatic heterocycles. The van der Waals surface area contributed by atoms with Crippen LogP contribution in [0.4, 0.5) is 5.69 Å². The average Bonchev–Trinajstić information content (AvgIpc) is 3.15. The topological polar surface area (TPSA) is 94.9 Å². The summed E-state index contributed by atoms with van der Waals surface area (Å²) in [6.45, 7) is 7.60. The van der Waals surface area contributed by atoms with E-state index in [1.807, 2.05) is 27.7 Å². The standard InChI is InChI=1S/C15H22N4O2S/c1-11-7-13(12(8-16)9-17-11)18-10-15(5-6-15)22(20,21)19-14(2,3)4/h7,9,19H,5-6,10H2,1-4H3,(H,17,18). The SMILES string of the molecule is Cc1cc(NCC2(S(=O)(=O)NC(C)(C)C)CC2)c(C#N)cn1. The van der Waals surface area contributed by atoms with E-state index < -0.39 is 20.3 Å². The van der Waals surface area contributed by atoms with E-state index in [0.29, 0.717) is 24.1 Å². The first-order valence-corrected chi connectivity index (χ1v) is 8.71. The van der Waals surface area contributed by atoms with E-state index in [2.05, 4.69) is 21.1 Å². The largest absolute Gasteiger partial charge is 0.382 e. The van der Waals surface area contributed by atoms with Crippen LogP contribution in [0.25, 0.3) is 0 Å². The van der Waals surface area contributed by atoms with Crippen LogP contribution in [0.3, 0.4) is 0 Å². The number of rotatable bonds is 5. The van der Waals surface area contributed by atoms with Crippen molar-refractivity contribution in [2.45, 2.75) is 50.8 Å². The molecule has 22 heavy (non-hydrogen) atoms. The molecule has 0 unspecified atom stereocenters. The average molecular weight is 322 g/mol. The number of anilines is 1. The summed E-state index contributed by atoms with van der Waals surface area (Å²) in [6, 6.07) is 3.83. The Hall–Kier alpha value is -1.65. The molecular formula is C15H22N4O2S. The van der Waals surface area contributed by atoms with Crippen molar-refractivity contribution >= 4 is 15.7 Å². The first-order chi connectivity index (χ1) is 10.1. The lowest BCUT2D eigenvalue weighted by Crippen LogP contribution is -2.48. The van der Waals surface area contributed by atoms with Crippen LogP contribution in [0.5, 0.6) is 0 Å². The summed E-state index contributed by atoms with van der Waals surface area (Å²) in [5.74, 6) is 0. The van der Waals surface area contributed by atoms with E-state index in [1.54, 1.807) is 6.07 Å². The van der Waals surface area contributed by atoms with Crippen molar-refractivity contribution in [1.82, 2.24) is 9.71 Å². The number of nitrogens with one attached hydrogen (secondary N) is 2. The van der Waals surface area contributed by atoms with E-state index in [4.69, 9.17) is 5.26 Å². The van der Waals surface area contributed by atoms with E-state index in [0.717, 1.165) is 5.69 Å². The molecule has 0 radical (unpaired) electrons. The van der Waals surface area contributed by atoms with E-state index in [9.17, 15) is 8.42 Å². The number of hydrogen-bond acceptors (Lipinski definition) is 5. The Morgan fingerprint density at radius 1 is 1.41 bits per heavy atom. The number of hydrogen-bond donors (Lipinski definition) is 2. The van der Waals surface area contributed by atoms with Gasteiger partial charge < -0.3 is 5.32 Å². The lowest BCUT2D eigenvalue weighted by atomic mass is 10.1. The second-order valence-electron chi connectivity index (χ2n) is 6.88. The molecule has 1 aliphatic rings. The summed E-state index contributed by atoms with van der Waals surface area (Å²) < 4.78 is 27.0. The van der Waals surface area contributed by atoms with E-state index >= 15 is 0 Å². The molecule has 1 aliphatic carbocycles. The lowest BCUT2D eigenvalue weighted by molar-refractivity contribution is 0.482. The number of aromatic nitrogens is 1. The third-order valence-corrected chi connectivity index (χ3v) is 6.15. The van der Waals surface area contributed by atoms with Gasteiger partial charge in [0.1, 0.15) is 10.8 Å². The number of nitriles is 1. The molecule has 2 rings (SSSR count). The van der Waals surface area contributed by atoms with Crippen molar-refractivity contribution in [3.63, 3.8) is 0 Å². The van der Waals surface area contributed by atoms with Crippen molar-refractivity contribution in [3.05, 3.63) is 23.5 Å². The van der Waals surface area contributed by atoms with Crippen LogP contribution < -0.4 is 10.0 Å². The Balaban J connectivity index is 2.15. The molecule has 6 nitrogen and oxygen atoms in total. The predicted octanol–water partition coefficient (Wildman–Crippen LogP) is 1.92. The highest BCUT2D eigenvalue weighted by Gasteiger charge is 2.55. The molecular weight excluding hydrogens is 300 g/mol. The first kappa shape index (κ1) is 16.7. The lowest BCUT2D eigenvalue weighted by Gasteiger charge is -2.26. The Morgan fingerprint density at radius 2 is 2.05 bits per heavy atom. The molecule has 1 saturated carbocycles. The van der Waals surface area contributed by atoms with Crippen LogP contribution in [-0.4, -0.2) is 30.2 Å². The maximum absolute atomic E-state index is 12.5. The van der Waals surface area contributed by atoms with Crippen molar-refractivity contribution in [3.8, 4) is 6.07 Å². The van der Waals surface area contributed by atoms with Gasteiger partial charge in [0.15, 0.2) is 0 Å². The van der Waals surface area contributed by atoms with Gasteiger partial charge in [-0.05, 0) is 46.6 Å². The maximum atomic E-state index is 12.5. The highest BCUT2D eigenvalue weighted by Crippen LogP contribution is 2.43. The maximum Gasteiger partial charge on any atom is 0.219 e. The van der Waals surface area contributed by atoms with Gasteiger partial charge in [0.2, 0.25) is 10.0 Å². The minimum Gasteiger partial charge on any atom is -0.382 e. The van der Waals surface area contributed by atoms with Crippen molar-refractivity contribution in [2.24, 2.45) is 0 Å². The van der Waals surface area contributed by atoms with Crippen LogP contribution >= 0.6 is 0 Å². The fourth-order valence-corrected chi connectivity index (χ4v) is 4.17. The van der Waals surface area contributed by atoms with Crippen LogP contribution in [-0.2, 0) is 10.0 Å². The second kappa shape index (κ2) is 5.52. The van der Waals surface area contributed by atoms with E-state index in [1.165, 1.54) is 6.20 Å². The summed E-state index contributed by atoms with van der Waals surface area (Å²) >= 11 is 0. The Labute approximate surface area is 132 Å².